The first-order chi connectivity index (χ1) is 16.3. The third-order valence-electron chi connectivity index (χ3n) is 4.64. The van der Waals surface area contributed by atoms with E-state index in [1.54, 1.807) is 18.2 Å². The van der Waals surface area contributed by atoms with Crippen LogP contribution in [0.15, 0.2) is 64.6 Å². The van der Waals surface area contributed by atoms with Crippen molar-refractivity contribution < 1.29 is 31.8 Å². The van der Waals surface area contributed by atoms with E-state index in [4.69, 9.17) is 30.5 Å². The van der Waals surface area contributed by atoms with Gasteiger partial charge in [-0.2, -0.15) is 18.4 Å². The second-order valence-electron chi connectivity index (χ2n) is 6.81. The van der Waals surface area contributed by atoms with Crippen molar-refractivity contribution in [2.24, 2.45) is 5.10 Å². The number of nitrogens with one attached hydrogen (secondary N) is 1. The Labute approximate surface area is 201 Å². The molecule has 1 N–H and O–H groups in total. The first-order valence-electron chi connectivity index (χ1n) is 9.79. The average Bonchev–Trinajstić information content (AvgIpc) is 2.84. The van der Waals surface area contributed by atoms with Crippen LogP contribution in [-0.4, -0.2) is 36.0 Å². The molecule has 8 nitrogen and oxygen atoms in total. The minimum Gasteiger partial charge on any atom is -0.497 e. The van der Waals surface area contributed by atoms with E-state index in [-0.39, 0.29) is 22.3 Å². The standard InChI is InChI=1S/C23H22ClFN2O6S/c1-30-17-6-9-23(22(12-17)32-3)34(28,29)27-26-13-15-4-8-21(31-2)16(10-15)14-33-18-5-7-20(25)19(24)11-18/h4-13,27H,14H2,1-3H3/b26-13-. The van der Waals surface area contributed by atoms with Gasteiger partial charge in [-0.3, -0.25) is 0 Å². The van der Waals surface area contributed by atoms with E-state index in [2.05, 4.69) is 9.93 Å². The van der Waals surface area contributed by atoms with Crippen LogP contribution in [0.1, 0.15) is 11.1 Å². The molecule has 0 spiro atoms. The fourth-order valence-corrected chi connectivity index (χ4v) is 4.05. The maximum Gasteiger partial charge on any atom is 0.280 e. The molecule has 0 aliphatic rings. The first-order valence-corrected chi connectivity index (χ1v) is 11.6. The number of rotatable bonds is 10. The van der Waals surface area contributed by atoms with Crippen LogP contribution in [0.4, 0.5) is 4.39 Å². The molecule has 11 heteroatoms. The second kappa shape index (κ2) is 11.1. The van der Waals surface area contributed by atoms with Gasteiger partial charge in [0.2, 0.25) is 0 Å². The second-order valence-corrected chi connectivity index (χ2v) is 8.84. The maximum atomic E-state index is 13.3. The summed E-state index contributed by atoms with van der Waals surface area (Å²) in [4.78, 5) is 2.07. The highest BCUT2D eigenvalue weighted by Gasteiger charge is 2.19. The molecule has 0 fully saturated rings. The Morgan fingerprint density at radius 2 is 1.68 bits per heavy atom. The molecule has 0 unspecified atom stereocenters. The quantitative estimate of drug-likeness (QED) is 0.322. The molecule has 0 atom stereocenters. The molecule has 0 bridgehead atoms. The van der Waals surface area contributed by atoms with Crippen molar-refractivity contribution in [2.75, 3.05) is 21.3 Å². The molecule has 0 heterocycles. The van der Waals surface area contributed by atoms with Crippen LogP contribution in [0.2, 0.25) is 5.02 Å². The summed E-state index contributed by atoms with van der Waals surface area (Å²) in [7, 11) is 0.341. The lowest BCUT2D eigenvalue weighted by atomic mass is 10.1. The highest BCUT2D eigenvalue weighted by Crippen LogP contribution is 2.28. The van der Waals surface area contributed by atoms with Crippen LogP contribution in [0.3, 0.4) is 0 Å². The Morgan fingerprint density at radius 3 is 2.35 bits per heavy atom. The van der Waals surface area contributed by atoms with Gasteiger partial charge in [0.05, 0.1) is 32.6 Å². The molecule has 3 rings (SSSR count). The van der Waals surface area contributed by atoms with Gasteiger partial charge in [0.15, 0.2) is 0 Å². The van der Waals surface area contributed by atoms with Gasteiger partial charge in [-0.05, 0) is 48.0 Å². The molecule has 0 aliphatic heterocycles. The molecule has 0 saturated heterocycles. The molecule has 0 aliphatic carbocycles. The molecule has 180 valence electrons. The highest BCUT2D eigenvalue weighted by molar-refractivity contribution is 7.89. The molecule has 34 heavy (non-hydrogen) atoms. The summed E-state index contributed by atoms with van der Waals surface area (Å²) in [6.45, 7) is 0.0988. The van der Waals surface area contributed by atoms with E-state index < -0.39 is 15.8 Å². The largest absolute Gasteiger partial charge is 0.497 e. The maximum absolute atomic E-state index is 13.3. The van der Waals surface area contributed by atoms with Crippen molar-refractivity contribution in [2.45, 2.75) is 11.5 Å². The van der Waals surface area contributed by atoms with Gasteiger partial charge in [-0.1, -0.05) is 11.6 Å². The van der Waals surface area contributed by atoms with Crippen LogP contribution < -0.4 is 23.8 Å². The number of nitrogens with zero attached hydrogens (tertiary/aromatic N) is 1. The van der Waals surface area contributed by atoms with Crippen molar-refractivity contribution in [1.82, 2.24) is 4.83 Å². The molecule has 0 aromatic heterocycles. The van der Waals surface area contributed by atoms with E-state index in [1.165, 1.54) is 63.9 Å². The predicted molar refractivity (Wildman–Crippen MR) is 126 cm³/mol. The van der Waals surface area contributed by atoms with Crippen LogP contribution in [0.25, 0.3) is 0 Å². The fraction of sp³-hybridized carbons (Fsp3) is 0.174. The van der Waals surface area contributed by atoms with Gasteiger partial charge in [0, 0.05) is 17.7 Å². The molecule has 3 aromatic carbocycles. The number of benzene rings is 3. The first kappa shape index (κ1) is 25.1. The van der Waals surface area contributed by atoms with E-state index in [0.29, 0.717) is 28.4 Å². The number of sulfonamides is 1. The normalized spacial score (nSPS) is 11.3. The predicted octanol–water partition coefficient (Wildman–Crippen LogP) is 4.40. The zero-order chi connectivity index (χ0) is 24.7. The SMILES string of the molecule is COc1ccc(S(=O)(=O)N/N=C\c2ccc(OC)c(COc3ccc(F)c(Cl)c3)c2)c(OC)c1. The minimum atomic E-state index is -4.00. The molecule has 0 amide bonds. The van der Waals surface area contributed by atoms with E-state index in [1.807, 2.05) is 0 Å². The van der Waals surface area contributed by atoms with Crippen LogP contribution in [-0.2, 0) is 16.6 Å². The zero-order valence-corrected chi connectivity index (χ0v) is 20.1. The Kier molecular flexibility index (Phi) is 8.19. The number of ether oxygens (including phenoxy) is 4. The molecule has 3 aromatic rings. The summed E-state index contributed by atoms with van der Waals surface area (Å²) in [5, 5.41) is 3.80. The van der Waals surface area contributed by atoms with Gasteiger partial charge < -0.3 is 18.9 Å². The van der Waals surface area contributed by atoms with Gasteiger partial charge in [-0.25, -0.2) is 4.39 Å². The minimum absolute atomic E-state index is 0.0499. The van der Waals surface area contributed by atoms with Crippen LogP contribution in [0, 0.1) is 5.82 Å². The van der Waals surface area contributed by atoms with Crippen LogP contribution >= 0.6 is 11.6 Å². The lowest BCUT2D eigenvalue weighted by molar-refractivity contribution is 0.296. The molecular formula is C23H22ClFN2O6S. The number of hydrogen-bond acceptors (Lipinski definition) is 7. The fourth-order valence-electron chi connectivity index (χ4n) is 2.94. The summed E-state index contributed by atoms with van der Waals surface area (Å²) in [6, 6.07) is 13.5. The lowest BCUT2D eigenvalue weighted by Gasteiger charge is -2.12. The van der Waals surface area contributed by atoms with Crippen molar-refractivity contribution in [3.05, 3.63) is 76.6 Å². The average molecular weight is 509 g/mol. The van der Waals surface area contributed by atoms with Crippen molar-refractivity contribution in [3.8, 4) is 23.0 Å². The molecule has 0 saturated carbocycles. The number of halogens is 2. The Bertz CT molecular complexity index is 1300. The van der Waals surface area contributed by atoms with E-state index in [0.717, 1.165) is 0 Å². The monoisotopic (exact) mass is 508 g/mol. The van der Waals surface area contributed by atoms with E-state index >= 15 is 0 Å². The summed E-state index contributed by atoms with van der Waals surface area (Å²) in [5.41, 5.74) is 1.24. The van der Waals surface area contributed by atoms with Gasteiger partial charge in [0.25, 0.3) is 10.0 Å². The summed E-state index contributed by atoms with van der Waals surface area (Å²) in [6.07, 6.45) is 1.34. The van der Waals surface area contributed by atoms with Crippen molar-refractivity contribution >= 4 is 27.8 Å². The smallest absolute Gasteiger partial charge is 0.280 e. The van der Waals surface area contributed by atoms with E-state index in [9.17, 15) is 12.8 Å². The summed E-state index contributed by atoms with van der Waals surface area (Å²) >= 11 is 5.78. The summed E-state index contributed by atoms with van der Waals surface area (Å²) in [5.74, 6) is 0.962. The number of hydrazone groups is 1. The zero-order valence-electron chi connectivity index (χ0n) is 18.5. The van der Waals surface area contributed by atoms with Gasteiger partial charge in [-0.15, -0.1) is 0 Å². The number of hydrogen-bond donors (Lipinski definition) is 1. The summed E-state index contributed by atoms with van der Waals surface area (Å²) < 4.78 is 59.9. The van der Waals surface area contributed by atoms with Gasteiger partial charge >= 0.3 is 0 Å². The lowest BCUT2D eigenvalue weighted by Crippen LogP contribution is -2.19. The van der Waals surface area contributed by atoms with Crippen LogP contribution in [0.5, 0.6) is 23.0 Å². The highest BCUT2D eigenvalue weighted by atomic mass is 35.5. The topological polar surface area (TPSA) is 95.5 Å². The van der Waals surface area contributed by atoms with Crippen molar-refractivity contribution in [3.63, 3.8) is 0 Å². The Balaban J connectivity index is 1.75. The van der Waals surface area contributed by atoms with Gasteiger partial charge in [0.1, 0.15) is 40.3 Å². The number of methoxy groups -OCH3 is 3. The molecular weight excluding hydrogens is 487 g/mol. The van der Waals surface area contributed by atoms with Crippen molar-refractivity contribution in [1.29, 1.82) is 0 Å². The third-order valence-corrected chi connectivity index (χ3v) is 6.19. The Morgan fingerprint density at radius 1 is 0.941 bits per heavy atom. The third kappa shape index (κ3) is 6.09. The molecule has 0 radical (unpaired) electrons. The Hall–Kier alpha value is -3.50.